The first-order chi connectivity index (χ1) is 8.16. The summed E-state index contributed by atoms with van der Waals surface area (Å²) >= 11 is 0. The van der Waals surface area contributed by atoms with Crippen molar-refractivity contribution in [3.8, 4) is 0 Å². The zero-order valence-corrected chi connectivity index (χ0v) is 10.9. The number of Topliss-reactive ketones (excluding diaryl/α,β-unsaturated/α-hetero) is 1. The minimum atomic E-state index is 0.286. The molecule has 0 saturated heterocycles. The molecular formula is C16H22O. The van der Waals surface area contributed by atoms with Crippen LogP contribution in [-0.2, 0) is 11.2 Å². The van der Waals surface area contributed by atoms with E-state index in [1.54, 1.807) is 0 Å². The van der Waals surface area contributed by atoms with Gasteiger partial charge >= 0.3 is 0 Å². The first-order valence-corrected chi connectivity index (χ1v) is 6.78. The summed E-state index contributed by atoms with van der Waals surface area (Å²) in [5, 5.41) is 0. The molecule has 1 heteroatoms. The van der Waals surface area contributed by atoms with E-state index in [0.717, 1.165) is 25.7 Å². The van der Waals surface area contributed by atoms with Crippen molar-refractivity contribution in [2.75, 3.05) is 0 Å². The molecule has 0 aromatic heterocycles. The van der Waals surface area contributed by atoms with E-state index in [9.17, 15) is 4.79 Å². The van der Waals surface area contributed by atoms with Gasteiger partial charge in [-0.25, -0.2) is 0 Å². The predicted molar refractivity (Wildman–Crippen MR) is 71.2 cm³/mol. The number of ketones is 1. The normalized spacial score (nSPS) is 20.9. The molecule has 0 amide bonds. The summed E-state index contributed by atoms with van der Waals surface area (Å²) in [6.45, 7) is 4.42. The van der Waals surface area contributed by atoms with Crippen LogP contribution in [0.15, 0.2) is 24.3 Å². The molecular weight excluding hydrogens is 208 g/mol. The van der Waals surface area contributed by atoms with Gasteiger partial charge in [0.1, 0.15) is 5.78 Å². The van der Waals surface area contributed by atoms with Crippen molar-refractivity contribution < 1.29 is 4.79 Å². The van der Waals surface area contributed by atoms with E-state index >= 15 is 0 Å². The molecule has 0 spiro atoms. The molecule has 17 heavy (non-hydrogen) atoms. The van der Waals surface area contributed by atoms with Crippen molar-refractivity contribution in [1.82, 2.24) is 0 Å². The highest BCUT2D eigenvalue weighted by Crippen LogP contribution is 2.25. The van der Waals surface area contributed by atoms with Crippen LogP contribution in [0.25, 0.3) is 0 Å². The fourth-order valence-corrected chi connectivity index (χ4v) is 2.59. The highest BCUT2D eigenvalue weighted by Gasteiger charge is 2.22. The van der Waals surface area contributed by atoms with Crippen molar-refractivity contribution in [3.05, 3.63) is 35.4 Å². The van der Waals surface area contributed by atoms with E-state index in [4.69, 9.17) is 0 Å². The van der Waals surface area contributed by atoms with Crippen molar-refractivity contribution in [2.24, 2.45) is 5.92 Å². The topological polar surface area (TPSA) is 17.1 Å². The third-order valence-electron chi connectivity index (χ3n) is 3.81. The van der Waals surface area contributed by atoms with Crippen LogP contribution in [0.4, 0.5) is 0 Å². The van der Waals surface area contributed by atoms with Gasteiger partial charge in [-0.1, -0.05) is 44.5 Å². The Balaban J connectivity index is 2.00. The third kappa shape index (κ3) is 3.18. The monoisotopic (exact) mass is 230 g/mol. The maximum atomic E-state index is 11.8. The zero-order valence-electron chi connectivity index (χ0n) is 10.9. The van der Waals surface area contributed by atoms with E-state index < -0.39 is 0 Å². The second-order valence-corrected chi connectivity index (χ2v) is 5.51. The summed E-state index contributed by atoms with van der Waals surface area (Å²) in [5.74, 6) is 1.35. The van der Waals surface area contributed by atoms with Gasteiger partial charge < -0.3 is 0 Å². The van der Waals surface area contributed by atoms with Gasteiger partial charge in [0.05, 0.1) is 0 Å². The van der Waals surface area contributed by atoms with Gasteiger partial charge in [0.15, 0.2) is 0 Å². The van der Waals surface area contributed by atoms with Gasteiger partial charge in [0, 0.05) is 12.3 Å². The number of hydrogen-bond donors (Lipinski definition) is 0. The third-order valence-corrected chi connectivity index (χ3v) is 3.81. The number of hydrogen-bond acceptors (Lipinski definition) is 1. The van der Waals surface area contributed by atoms with Crippen LogP contribution in [0.5, 0.6) is 0 Å². The summed E-state index contributed by atoms with van der Waals surface area (Å²) < 4.78 is 0. The van der Waals surface area contributed by atoms with Gasteiger partial charge in [0.25, 0.3) is 0 Å². The standard InChI is InChI=1S/C16H22O/c1-12(2)14-9-7-13(8-10-14)11-15-5-3-4-6-16(15)17/h7-10,12,15H,3-6,11H2,1-2H3/t15-/m1/s1. The summed E-state index contributed by atoms with van der Waals surface area (Å²) in [6, 6.07) is 8.79. The van der Waals surface area contributed by atoms with Crippen LogP contribution in [0.3, 0.4) is 0 Å². The summed E-state index contributed by atoms with van der Waals surface area (Å²) in [4.78, 5) is 11.8. The van der Waals surface area contributed by atoms with E-state index in [-0.39, 0.29) is 5.92 Å². The lowest BCUT2D eigenvalue weighted by molar-refractivity contribution is -0.124. The highest BCUT2D eigenvalue weighted by molar-refractivity contribution is 5.81. The zero-order chi connectivity index (χ0) is 12.3. The number of rotatable bonds is 3. The van der Waals surface area contributed by atoms with Crippen LogP contribution in [-0.4, -0.2) is 5.78 Å². The first-order valence-electron chi connectivity index (χ1n) is 6.78. The van der Waals surface area contributed by atoms with Crippen LogP contribution >= 0.6 is 0 Å². The van der Waals surface area contributed by atoms with E-state index in [0.29, 0.717) is 11.7 Å². The molecule has 1 saturated carbocycles. The molecule has 0 radical (unpaired) electrons. The SMILES string of the molecule is CC(C)c1ccc(C[C@H]2CCCCC2=O)cc1. The van der Waals surface area contributed by atoms with E-state index in [1.807, 2.05) is 0 Å². The van der Waals surface area contributed by atoms with Crippen molar-refractivity contribution in [3.63, 3.8) is 0 Å². The fourth-order valence-electron chi connectivity index (χ4n) is 2.59. The molecule has 1 nitrogen and oxygen atoms in total. The Kier molecular flexibility index (Phi) is 3.98. The minimum absolute atomic E-state index is 0.286. The Morgan fingerprint density at radius 2 is 1.88 bits per heavy atom. The molecule has 1 aromatic rings. The average Bonchev–Trinajstić information content (AvgIpc) is 2.33. The first kappa shape index (κ1) is 12.3. The second-order valence-electron chi connectivity index (χ2n) is 5.51. The highest BCUT2D eigenvalue weighted by atomic mass is 16.1. The lowest BCUT2D eigenvalue weighted by Crippen LogP contribution is -2.21. The number of carbonyl (C=O) groups excluding carboxylic acids is 1. The Bertz CT molecular complexity index is 375. The molecule has 1 fully saturated rings. The van der Waals surface area contributed by atoms with E-state index in [2.05, 4.69) is 38.1 Å². The Morgan fingerprint density at radius 3 is 2.47 bits per heavy atom. The average molecular weight is 230 g/mol. The number of carbonyl (C=O) groups is 1. The van der Waals surface area contributed by atoms with Gasteiger partial charge in [-0.2, -0.15) is 0 Å². The molecule has 0 aliphatic heterocycles. The molecule has 2 rings (SSSR count). The van der Waals surface area contributed by atoms with Gasteiger partial charge in [-0.3, -0.25) is 4.79 Å². The maximum absolute atomic E-state index is 11.8. The molecule has 1 aliphatic carbocycles. The van der Waals surface area contributed by atoms with Crippen molar-refractivity contribution in [1.29, 1.82) is 0 Å². The lowest BCUT2D eigenvalue weighted by Gasteiger charge is -2.20. The van der Waals surface area contributed by atoms with Crippen LogP contribution in [0, 0.1) is 5.92 Å². The molecule has 1 aromatic carbocycles. The van der Waals surface area contributed by atoms with Gasteiger partial charge in [-0.15, -0.1) is 0 Å². The van der Waals surface area contributed by atoms with Gasteiger partial charge in [0.2, 0.25) is 0 Å². The van der Waals surface area contributed by atoms with Gasteiger partial charge in [-0.05, 0) is 36.3 Å². The predicted octanol–water partition coefficient (Wildman–Crippen LogP) is 4.11. The van der Waals surface area contributed by atoms with Crippen LogP contribution < -0.4 is 0 Å². The second kappa shape index (κ2) is 5.48. The Morgan fingerprint density at radius 1 is 1.18 bits per heavy atom. The molecule has 1 aliphatic rings. The molecule has 92 valence electrons. The van der Waals surface area contributed by atoms with Crippen molar-refractivity contribution in [2.45, 2.75) is 51.9 Å². The Labute approximate surface area is 104 Å². The van der Waals surface area contributed by atoms with E-state index in [1.165, 1.54) is 17.5 Å². The molecule has 1 atom stereocenters. The Hall–Kier alpha value is -1.11. The molecule has 0 heterocycles. The molecule has 0 bridgehead atoms. The summed E-state index contributed by atoms with van der Waals surface area (Å²) in [5.41, 5.74) is 2.69. The minimum Gasteiger partial charge on any atom is -0.299 e. The number of benzene rings is 1. The molecule has 0 N–H and O–H groups in total. The van der Waals surface area contributed by atoms with Crippen molar-refractivity contribution >= 4 is 5.78 Å². The molecule has 0 unspecified atom stereocenters. The van der Waals surface area contributed by atoms with Crippen LogP contribution in [0.2, 0.25) is 0 Å². The summed E-state index contributed by atoms with van der Waals surface area (Å²) in [6.07, 6.45) is 5.15. The lowest BCUT2D eigenvalue weighted by atomic mass is 9.83. The fraction of sp³-hybridized carbons (Fsp3) is 0.562. The largest absolute Gasteiger partial charge is 0.299 e. The summed E-state index contributed by atoms with van der Waals surface area (Å²) in [7, 11) is 0. The smallest absolute Gasteiger partial charge is 0.136 e. The quantitative estimate of drug-likeness (QED) is 0.763. The van der Waals surface area contributed by atoms with Crippen LogP contribution in [0.1, 0.15) is 56.6 Å². The maximum Gasteiger partial charge on any atom is 0.136 e.